The Morgan fingerprint density at radius 3 is 1.12 bits per heavy atom. The first-order valence-corrected chi connectivity index (χ1v) is 22.9. The lowest BCUT2D eigenvalue weighted by atomic mass is 10.1. The van der Waals surface area contributed by atoms with Gasteiger partial charge < -0.3 is 14.2 Å². The molecule has 0 aromatic heterocycles. The summed E-state index contributed by atoms with van der Waals surface area (Å²) in [5.41, 5.74) is 0. The Balaban J connectivity index is 4.34. The zero-order valence-electron chi connectivity index (χ0n) is 36.4. The van der Waals surface area contributed by atoms with E-state index >= 15 is 0 Å². The van der Waals surface area contributed by atoms with Crippen molar-refractivity contribution in [1.29, 1.82) is 0 Å². The molecule has 6 nitrogen and oxygen atoms in total. The molecule has 0 spiro atoms. The standard InChI is InChI=1S/C50H84O6/c1-4-7-10-13-16-19-21-22-23-24-25-26-27-28-29-32-34-37-40-43-49(52)55-46-47(45-54-48(51)42-39-36-33-30-18-15-12-9-6-3)56-50(53)44-41-38-35-31-20-17-14-11-8-5-2/h7,9-10,12,16,18-19,22-23,25-26,30,47H,4-6,8,11,13-15,17,20-21,24,27-29,31-46H2,1-3H3/b10-7-,12-9-,19-16-,23-22-,26-25-,30-18-. The van der Waals surface area contributed by atoms with Crippen molar-refractivity contribution in [3.63, 3.8) is 0 Å². The number of hydrogen-bond donors (Lipinski definition) is 0. The molecule has 0 saturated carbocycles. The predicted octanol–water partition coefficient (Wildman–Crippen LogP) is 14.7. The molecule has 0 N–H and O–H groups in total. The van der Waals surface area contributed by atoms with Gasteiger partial charge in [0.25, 0.3) is 0 Å². The lowest BCUT2D eigenvalue weighted by Crippen LogP contribution is -2.30. The summed E-state index contributed by atoms with van der Waals surface area (Å²) in [7, 11) is 0. The second-order valence-corrected chi connectivity index (χ2v) is 14.9. The van der Waals surface area contributed by atoms with Gasteiger partial charge in [-0.15, -0.1) is 0 Å². The average molecular weight is 781 g/mol. The van der Waals surface area contributed by atoms with Crippen LogP contribution in [0.3, 0.4) is 0 Å². The SMILES string of the molecule is CC/C=C\C/C=C\C/C=C\C/C=C\CCCCCCCCC(=O)OCC(COC(=O)CCCC/C=C\C/C=C\CC)OC(=O)CCCCCCCCCCCC. The van der Waals surface area contributed by atoms with Crippen LogP contribution in [0.5, 0.6) is 0 Å². The van der Waals surface area contributed by atoms with Crippen LogP contribution in [-0.4, -0.2) is 37.2 Å². The zero-order valence-corrected chi connectivity index (χ0v) is 36.4. The van der Waals surface area contributed by atoms with Crippen molar-refractivity contribution in [2.24, 2.45) is 0 Å². The minimum atomic E-state index is -0.789. The maximum absolute atomic E-state index is 12.7. The smallest absolute Gasteiger partial charge is 0.306 e. The maximum atomic E-state index is 12.7. The summed E-state index contributed by atoms with van der Waals surface area (Å²) in [6, 6.07) is 0. The molecule has 0 heterocycles. The fourth-order valence-electron chi connectivity index (χ4n) is 6.06. The molecule has 0 aliphatic rings. The third kappa shape index (κ3) is 42.0. The van der Waals surface area contributed by atoms with E-state index in [1.54, 1.807) is 0 Å². The second kappa shape index (κ2) is 44.6. The molecule has 320 valence electrons. The minimum Gasteiger partial charge on any atom is -0.462 e. The fourth-order valence-corrected chi connectivity index (χ4v) is 6.06. The van der Waals surface area contributed by atoms with E-state index in [1.807, 2.05) is 0 Å². The van der Waals surface area contributed by atoms with Crippen LogP contribution in [0, 0.1) is 0 Å². The molecule has 0 saturated heterocycles. The Kier molecular flexibility index (Phi) is 42.1. The highest BCUT2D eigenvalue weighted by molar-refractivity contribution is 5.71. The van der Waals surface area contributed by atoms with Gasteiger partial charge in [-0.2, -0.15) is 0 Å². The van der Waals surface area contributed by atoms with Crippen molar-refractivity contribution in [3.8, 4) is 0 Å². The Labute approximate surface area is 344 Å². The fraction of sp³-hybridized carbons (Fsp3) is 0.700. The van der Waals surface area contributed by atoms with Gasteiger partial charge in [-0.05, 0) is 83.5 Å². The molecular weight excluding hydrogens is 697 g/mol. The van der Waals surface area contributed by atoms with Crippen LogP contribution >= 0.6 is 0 Å². The van der Waals surface area contributed by atoms with Crippen molar-refractivity contribution in [2.75, 3.05) is 13.2 Å². The highest BCUT2D eigenvalue weighted by Gasteiger charge is 2.19. The van der Waals surface area contributed by atoms with Crippen LogP contribution < -0.4 is 0 Å². The topological polar surface area (TPSA) is 78.9 Å². The molecule has 0 bridgehead atoms. The van der Waals surface area contributed by atoms with E-state index in [0.717, 1.165) is 103 Å². The predicted molar refractivity (Wildman–Crippen MR) is 238 cm³/mol. The number of carbonyl (C=O) groups excluding carboxylic acids is 3. The minimum absolute atomic E-state index is 0.0928. The molecular formula is C50H84O6. The molecule has 0 aromatic rings. The van der Waals surface area contributed by atoms with Gasteiger partial charge in [-0.1, -0.05) is 177 Å². The van der Waals surface area contributed by atoms with E-state index in [4.69, 9.17) is 14.2 Å². The van der Waals surface area contributed by atoms with Gasteiger partial charge in [0.2, 0.25) is 0 Å². The van der Waals surface area contributed by atoms with Gasteiger partial charge in [0.15, 0.2) is 6.10 Å². The average Bonchev–Trinajstić information content (AvgIpc) is 3.19. The van der Waals surface area contributed by atoms with Crippen LogP contribution in [0.4, 0.5) is 0 Å². The normalized spacial score (nSPS) is 12.7. The Morgan fingerprint density at radius 1 is 0.375 bits per heavy atom. The highest BCUT2D eigenvalue weighted by Crippen LogP contribution is 2.13. The summed E-state index contributed by atoms with van der Waals surface area (Å²) in [4.78, 5) is 37.6. The van der Waals surface area contributed by atoms with E-state index < -0.39 is 6.10 Å². The first kappa shape index (κ1) is 52.9. The van der Waals surface area contributed by atoms with E-state index in [-0.39, 0.29) is 31.1 Å². The molecule has 0 radical (unpaired) electrons. The summed E-state index contributed by atoms with van der Waals surface area (Å²) < 4.78 is 16.6. The van der Waals surface area contributed by atoms with E-state index in [0.29, 0.717) is 19.3 Å². The van der Waals surface area contributed by atoms with Crippen molar-refractivity contribution in [3.05, 3.63) is 72.9 Å². The third-order valence-electron chi connectivity index (χ3n) is 9.46. The van der Waals surface area contributed by atoms with Crippen molar-refractivity contribution in [1.82, 2.24) is 0 Å². The second-order valence-electron chi connectivity index (χ2n) is 14.9. The van der Waals surface area contributed by atoms with E-state index in [2.05, 4.69) is 93.7 Å². The van der Waals surface area contributed by atoms with Crippen molar-refractivity contribution >= 4 is 17.9 Å². The summed E-state index contributed by atoms with van der Waals surface area (Å²) in [6.07, 6.45) is 54.7. The van der Waals surface area contributed by atoms with E-state index in [1.165, 1.54) is 64.2 Å². The quantitative estimate of drug-likeness (QED) is 0.0267. The number of esters is 3. The number of allylic oxidation sites excluding steroid dienone is 12. The van der Waals surface area contributed by atoms with Gasteiger partial charge >= 0.3 is 17.9 Å². The van der Waals surface area contributed by atoms with E-state index in [9.17, 15) is 14.4 Å². The molecule has 0 aromatic carbocycles. The third-order valence-corrected chi connectivity index (χ3v) is 9.46. The molecule has 1 atom stereocenters. The number of unbranched alkanes of at least 4 members (excludes halogenated alkanes) is 17. The van der Waals surface area contributed by atoms with Gasteiger partial charge in [-0.3, -0.25) is 14.4 Å². The van der Waals surface area contributed by atoms with Crippen molar-refractivity contribution in [2.45, 2.75) is 213 Å². The molecule has 0 fully saturated rings. The summed E-state index contributed by atoms with van der Waals surface area (Å²) in [5, 5.41) is 0. The van der Waals surface area contributed by atoms with Crippen LogP contribution in [-0.2, 0) is 28.6 Å². The van der Waals surface area contributed by atoms with Gasteiger partial charge in [-0.25, -0.2) is 0 Å². The maximum Gasteiger partial charge on any atom is 0.306 e. The first-order chi connectivity index (χ1) is 27.5. The monoisotopic (exact) mass is 781 g/mol. The molecule has 0 amide bonds. The van der Waals surface area contributed by atoms with Gasteiger partial charge in [0.05, 0.1) is 0 Å². The summed E-state index contributed by atoms with van der Waals surface area (Å²) in [5.74, 6) is -0.950. The summed E-state index contributed by atoms with van der Waals surface area (Å²) in [6.45, 7) is 6.33. The van der Waals surface area contributed by atoms with Crippen LogP contribution in [0.2, 0.25) is 0 Å². The first-order valence-electron chi connectivity index (χ1n) is 22.9. The Bertz CT molecular complexity index is 1080. The largest absolute Gasteiger partial charge is 0.462 e. The lowest BCUT2D eigenvalue weighted by molar-refractivity contribution is -0.167. The van der Waals surface area contributed by atoms with Gasteiger partial charge in [0.1, 0.15) is 13.2 Å². The summed E-state index contributed by atoms with van der Waals surface area (Å²) >= 11 is 0. The number of rotatable bonds is 40. The molecule has 0 aliphatic heterocycles. The molecule has 6 heteroatoms. The van der Waals surface area contributed by atoms with Crippen molar-refractivity contribution < 1.29 is 28.6 Å². The van der Waals surface area contributed by atoms with Crippen LogP contribution in [0.1, 0.15) is 207 Å². The number of ether oxygens (including phenoxy) is 3. The molecule has 0 aliphatic carbocycles. The molecule has 0 rings (SSSR count). The Hall–Kier alpha value is -3.15. The molecule has 1 unspecified atom stereocenters. The van der Waals surface area contributed by atoms with Crippen LogP contribution in [0.15, 0.2) is 72.9 Å². The Morgan fingerprint density at radius 2 is 0.696 bits per heavy atom. The molecule has 56 heavy (non-hydrogen) atoms. The number of hydrogen-bond acceptors (Lipinski definition) is 6. The zero-order chi connectivity index (χ0) is 40.8. The number of carbonyl (C=O) groups is 3. The van der Waals surface area contributed by atoms with Crippen LogP contribution in [0.25, 0.3) is 0 Å². The highest BCUT2D eigenvalue weighted by atomic mass is 16.6. The lowest BCUT2D eigenvalue weighted by Gasteiger charge is -2.18. The van der Waals surface area contributed by atoms with Gasteiger partial charge in [0, 0.05) is 19.3 Å².